The van der Waals surface area contributed by atoms with Gasteiger partial charge < -0.3 is 10.1 Å². The van der Waals surface area contributed by atoms with Crippen LogP contribution in [-0.4, -0.2) is 24.7 Å². The molecule has 0 heterocycles. The van der Waals surface area contributed by atoms with Gasteiger partial charge in [0, 0.05) is 12.1 Å². The van der Waals surface area contributed by atoms with E-state index in [1.165, 1.54) is 25.7 Å². The molecule has 0 saturated heterocycles. The molecule has 0 aliphatic heterocycles. The number of nitrogens with one attached hydrogen (secondary N) is 1. The molecule has 1 saturated carbocycles. The highest BCUT2D eigenvalue weighted by atomic mass is 16.5. The van der Waals surface area contributed by atoms with Crippen molar-refractivity contribution in [2.24, 2.45) is 0 Å². The highest BCUT2D eigenvalue weighted by Gasteiger charge is 2.27. The second kappa shape index (κ2) is 5.35. The zero-order valence-corrected chi connectivity index (χ0v) is 9.27. The smallest absolute Gasteiger partial charge is 0.307 e. The number of hydrogen-bond acceptors (Lipinski definition) is 3. The summed E-state index contributed by atoms with van der Waals surface area (Å²) in [7, 11) is 0. The number of hydrogen-bond donors (Lipinski definition) is 1. The maximum Gasteiger partial charge on any atom is 0.307 e. The summed E-state index contributed by atoms with van der Waals surface area (Å²) < 4.78 is 4.86. The Balaban J connectivity index is 2.11. The Morgan fingerprint density at radius 3 is 2.64 bits per heavy atom. The van der Waals surface area contributed by atoms with Crippen LogP contribution >= 0.6 is 0 Å². The number of carbonyl (C=O) groups is 1. The predicted molar refractivity (Wildman–Crippen MR) is 56.1 cm³/mol. The standard InChI is InChI=1S/C11H21NO2/c1-3-14-10(13)6-9-12-11(2)7-4-5-8-11/h12H,3-9H2,1-2H3. The Hall–Kier alpha value is -0.570. The van der Waals surface area contributed by atoms with Crippen molar-refractivity contribution in [1.29, 1.82) is 0 Å². The molecule has 14 heavy (non-hydrogen) atoms. The SMILES string of the molecule is CCOC(=O)CCNC1(C)CCCC1. The minimum atomic E-state index is -0.0957. The third-order valence-corrected chi connectivity index (χ3v) is 2.89. The van der Waals surface area contributed by atoms with Gasteiger partial charge in [0.15, 0.2) is 0 Å². The minimum Gasteiger partial charge on any atom is -0.466 e. The Morgan fingerprint density at radius 1 is 1.43 bits per heavy atom. The highest BCUT2D eigenvalue weighted by molar-refractivity contribution is 5.69. The van der Waals surface area contributed by atoms with E-state index in [1.54, 1.807) is 0 Å². The molecular weight excluding hydrogens is 178 g/mol. The summed E-state index contributed by atoms with van der Waals surface area (Å²) in [5.74, 6) is -0.0957. The number of rotatable bonds is 5. The lowest BCUT2D eigenvalue weighted by Gasteiger charge is -2.25. The second-order valence-corrected chi connectivity index (χ2v) is 4.25. The Bertz CT molecular complexity index is 186. The summed E-state index contributed by atoms with van der Waals surface area (Å²) in [6.07, 6.45) is 5.57. The molecule has 0 unspecified atom stereocenters. The van der Waals surface area contributed by atoms with Gasteiger partial charge in [-0.15, -0.1) is 0 Å². The van der Waals surface area contributed by atoms with E-state index < -0.39 is 0 Å². The quantitative estimate of drug-likeness (QED) is 0.687. The molecule has 0 amide bonds. The van der Waals surface area contributed by atoms with Crippen LogP contribution in [0.5, 0.6) is 0 Å². The fourth-order valence-corrected chi connectivity index (χ4v) is 2.03. The normalized spacial score (nSPS) is 19.6. The van der Waals surface area contributed by atoms with Crippen LogP contribution in [-0.2, 0) is 9.53 Å². The molecule has 0 aromatic heterocycles. The van der Waals surface area contributed by atoms with Gasteiger partial charge >= 0.3 is 5.97 Å². The highest BCUT2D eigenvalue weighted by Crippen LogP contribution is 2.28. The van der Waals surface area contributed by atoms with Crippen LogP contribution in [0.3, 0.4) is 0 Å². The first-order valence-corrected chi connectivity index (χ1v) is 5.57. The number of carbonyl (C=O) groups excluding carboxylic acids is 1. The average molecular weight is 199 g/mol. The molecule has 0 spiro atoms. The predicted octanol–water partition coefficient (Wildman–Crippen LogP) is 1.86. The summed E-state index contributed by atoms with van der Waals surface area (Å²) in [5.41, 5.74) is 0.270. The van der Waals surface area contributed by atoms with Crippen LogP contribution in [0.25, 0.3) is 0 Å². The van der Waals surface area contributed by atoms with Crippen molar-refractivity contribution in [3.05, 3.63) is 0 Å². The van der Waals surface area contributed by atoms with Crippen LogP contribution in [0.4, 0.5) is 0 Å². The molecule has 3 heteroatoms. The van der Waals surface area contributed by atoms with E-state index in [0.29, 0.717) is 13.0 Å². The molecule has 82 valence electrons. The molecule has 0 aromatic rings. The lowest BCUT2D eigenvalue weighted by Crippen LogP contribution is -2.40. The van der Waals surface area contributed by atoms with E-state index in [1.807, 2.05) is 6.92 Å². The molecule has 1 rings (SSSR count). The molecule has 1 aliphatic carbocycles. The fourth-order valence-electron chi connectivity index (χ4n) is 2.03. The van der Waals surface area contributed by atoms with Crippen molar-refractivity contribution in [1.82, 2.24) is 5.32 Å². The van der Waals surface area contributed by atoms with Crippen molar-refractivity contribution in [2.45, 2.75) is 51.5 Å². The van der Waals surface area contributed by atoms with Gasteiger partial charge in [-0.05, 0) is 26.7 Å². The third-order valence-electron chi connectivity index (χ3n) is 2.89. The van der Waals surface area contributed by atoms with Crippen LogP contribution in [0.2, 0.25) is 0 Å². The number of esters is 1. The first kappa shape index (κ1) is 11.5. The van der Waals surface area contributed by atoms with E-state index in [-0.39, 0.29) is 11.5 Å². The summed E-state index contributed by atoms with van der Waals surface area (Å²) in [6, 6.07) is 0. The Labute approximate surface area is 86.2 Å². The molecule has 0 atom stereocenters. The van der Waals surface area contributed by atoms with Crippen LogP contribution < -0.4 is 5.32 Å². The maximum absolute atomic E-state index is 11.1. The van der Waals surface area contributed by atoms with E-state index in [0.717, 1.165) is 6.54 Å². The van der Waals surface area contributed by atoms with Gasteiger partial charge in [-0.2, -0.15) is 0 Å². The lowest BCUT2D eigenvalue weighted by atomic mass is 10.0. The van der Waals surface area contributed by atoms with E-state index in [4.69, 9.17) is 4.74 Å². The van der Waals surface area contributed by atoms with Crippen molar-refractivity contribution >= 4 is 5.97 Å². The van der Waals surface area contributed by atoms with Crippen LogP contribution in [0.15, 0.2) is 0 Å². The summed E-state index contributed by atoms with van der Waals surface area (Å²) in [5, 5.41) is 3.45. The van der Waals surface area contributed by atoms with Crippen molar-refractivity contribution in [3.63, 3.8) is 0 Å². The van der Waals surface area contributed by atoms with Crippen molar-refractivity contribution < 1.29 is 9.53 Å². The van der Waals surface area contributed by atoms with Gasteiger partial charge in [-0.1, -0.05) is 12.8 Å². The largest absolute Gasteiger partial charge is 0.466 e. The zero-order valence-electron chi connectivity index (χ0n) is 9.27. The average Bonchev–Trinajstić information content (AvgIpc) is 2.53. The van der Waals surface area contributed by atoms with Crippen molar-refractivity contribution in [2.75, 3.05) is 13.2 Å². The van der Waals surface area contributed by atoms with Gasteiger partial charge in [0.25, 0.3) is 0 Å². The Morgan fingerprint density at radius 2 is 2.07 bits per heavy atom. The molecule has 1 fully saturated rings. The molecule has 1 N–H and O–H groups in total. The third kappa shape index (κ3) is 3.66. The second-order valence-electron chi connectivity index (χ2n) is 4.25. The minimum absolute atomic E-state index is 0.0957. The zero-order chi connectivity index (χ0) is 10.4. The Kier molecular flexibility index (Phi) is 4.39. The fraction of sp³-hybridized carbons (Fsp3) is 0.909. The lowest BCUT2D eigenvalue weighted by molar-refractivity contribution is -0.143. The van der Waals surface area contributed by atoms with E-state index >= 15 is 0 Å². The van der Waals surface area contributed by atoms with E-state index in [2.05, 4.69) is 12.2 Å². The van der Waals surface area contributed by atoms with Gasteiger partial charge in [0.1, 0.15) is 0 Å². The molecule has 3 nitrogen and oxygen atoms in total. The van der Waals surface area contributed by atoms with Crippen molar-refractivity contribution in [3.8, 4) is 0 Å². The molecule has 1 aliphatic rings. The summed E-state index contributed by atoms with van der Waals surface area (Å²) >= 11 is 0. The van der Waals surface area contributed by atoms with Gasteiger partial charge in [0.2, 0.25) is 0 Å². The van der Waals surface area contributed by atoms with Gasteiger partial charge in [-0.3, -0.25) is 4.79 Å². The number of ether oxygens (including phenoxy) is 1. The van der Waals surface area contributed by atoms with Gasteiger partial charge in [0.05, 0.1) is 13.0 Å². The van der Waals surface area contributed by atoms with Crippen LogP contribution in [0.1, 0.15) is 46.0 Å². The van der Waals surface area contributed by atoms with Gasteiger partial charge in [-0.25, -0.2) is 0 Å². The molecule has 0 aromatic carbocycles. The molecule has 0 radical (unpaired) electrons. The monoisotopic (exact) mass is 199 g/mol. The summed E-state index contributed by atoms with van der Waals surface area (Å²) in [6.45, 7) is 5.31. The maximum atomic E-state index is 11.1. The summed E-state index contributed by atoms with van der Waals surface area (Å²) in [4.78, 5) is 11.1. The first-order valence-electron chi connectivity index (χ1n) is 5.57. The first-order chi connectivity index (χ1) is 6.66. The molecule has 0 bridgehead atoms. The topological polar surface area (TPSA) is 38.3 Å². The van der Waals surface area contributed by atoms with Crippen LogP contribution in [0, 0.1) is 0 Å². The van der Waals surface area contributed by atoms with E-state index in [9.17, 15) is 4.79 Å². The molecular formula is C11H21NO2.